The first-order valence-electron chi connectivity index (χ1n) is 8.66. The Balaban J connectivity index is 2.04. The number of tetrazole rings is 1. The fraction of sp³-hybridized carbons (Fsp3) is 0.0952. The minimum Gasteiger partial charge on any atom is -0.456 e. The highest BCUT2D eigenvalue weighted by atomic mass is 19.1. The molecule has 0 atom stereocenters. The van der Waals surface area contributed by atoms with E-state index in [1.54, 1.807) is 31.3 Å². The number of aliphatic hydroxyl groups excluding tert-OH is 1. The zero-order valence-electron chi connectivity index (χ0n) is 15.1. The van der Waals surface area contributed by atoms with E-state index in [0.717, 1.165) is 16.5 Å². The first kappa shape index (κ1) is 17.8. The molecule has 0 aliphatic heterocycles. The van der Waals surface area contributed by atoms with Gasteiger partial charge in [-0.3, -0.25) is 0 Å². The maximum Gasteiger partial charge on any atom is 0.182 e. The molecule has 2 aromatic heterocycles. The third kappa shape index (κ3) is 3.35. The molecule has 0 radical (unpaired) electrons. The lowest BCUT2D eigenvalue weighted by Crippen LogP contribution is -2.01. The number of aryl methyl sites for hydroxylation is 1. The van der Waals surface area contributed by atoms with Gasteiger partial charge in [0, 0.05) is 23.6 Å². The Morgan fingerprint density at radius 1 is 1.18 bits per heavy atom. The third-order valence-electron chi connectivity index (χ3n) is 4.33. The first-order valence-corrected chi connectivity index (χ1v) is 8.66. The molecule has 0 aliphatic carbocycles. The Bertz CT molecular complexity index is 1140. The van der Waals surface area contributed by atoms with Crippen molar-refractivity contribution in [3.8, 4) is 0 Å². The van der Waals surface area contributed by atoms with Gasteiger partial charge in [-0.1, -0.05) is 42.5 Å². The summed E-state index contributed by atoms with van der Waals surface area (Å²) in [6, 6.07) is 15.7. The SMILES string of the molecule is Cn1nnnc1C(C=CCO)=C(c1ccc(F)cc1)c1cc2ccccc2o1. The van der Waals surface area contributed by atoms with Crippen LogP contribution >= 0.6 is 0 Å². The van der Waals surface area contributed by atoms with Gasteiger partial charge < -0.3 is 9.52 Å². The van der Waals surface area contributed by atoms with Crippen LogP contribution in [-0.2, 0) is 7.05 Å². The number of nitrogens with zero attached hydrogens (tertiary/aromatic N) is 4. The Hall–Kier alpha value is -3.58. The van der Waals surface area contributed by atoms with Gasteiger partial charge in [0.15, 0.2) is 5.82 Å². The lowest BCUT2D eigenvalue weighted by molar-refractivity contribution is 0.343. The van der Waals surface area contributed by atoms with Crippen LogP contribution in [0, 0.1) is 5.82 Å². The molecule has 0 saturated heterocycles. The summed E-state index contributed by atoms with van der Waals surface area (Å²) >= 11 is 0. The molecular weight excluding hydrogens is 359 g/mol. The molecule has 0 bridgehead atoms. The van der Waals surface area contributed by atoms with E-state index in [-0.39, 0.29) is 12.4 Å². The van der Waals surface area contributed by atoms with Crippen molar-refractivity contribution in [2.45, 2.75) is 0 Å². The fourth-order valence-corrected chi connectivity index (χ4v) is 3.05. The normalized spacial score (nSPS) is 12.7. The van der Waals surface area contributed by atoms with E-state index in [9.17, 15) is 9.50 Å². The fourth-order valence-electron chi connectivity index (χ4n) is 3.05. The Morgan fingerprint density at radius 3 is 2.64 bits per heavy atom. The first-order chi connectivity index (χ1) is 13.7. The molecule has 28 heavy (non-hydrogen) atoms. The molecule has 2 heterocycles. The van der Waals surface area contributed by atoms with Gasteiger partial charge >= 0.3 is 0 Å². The van der Waals surface area contributed by atoms with Crippen molar-refractivity contribution < 1.29 is 13.9 Å². The van der Waals surface area contributed by atoms with Crippen LogP contribution in [0.25, 0.3) is 22.1 Å². The maximum atomic E-state index is 13.5. The van der Waals surface area contributed by atoms with Gasteiger partial charge in [0.05, 0.1) is 6.61 Å². The molecule has 7 heteroatoms. The zero-order valence-corrected chi connectivity index (χ0v) is 15.1. The molecule has 6 nitrogen and oxygen atoms in total. The van der Waals surface area contributed by atoms with Crippen molar-refractivity contribution in [3.63, 3.8) is 0 Å². The molecule has 0 spiro atoms. The van der Waals surface area contributed by atoms with E-state index in [1.165, 1.54) is 16.8 Å². The molecule has 4 aromatic rings. The second kappa shape index (κ2) is 7.58. The monoisotopic (exact) mass is 376 g/mol. The van der Waals surface area contributed by atoms with E-state index in [0.29, 0.717) is 22.7 Å². The van der Waals surface area contributed by atoms with Gasteiger partial charge in [0.2, 0.25) is 0 Å². The quantitative estimate of drug-likeness (QED) is 0.539. The molecular formula is C21H17FN4O2. The summed E-state index contributed by atoms with van der Waals surface area (Å²) in [5.74, 6) is 0.748. The highest BCUT2D eigenvalue weighted by Gasteiger charge is 2.20. The molecule has 0 amide bonds. The summed E-state index contributed by atoms with van der Waals surface area (Å²) in [5.41, 5.74) is 2.81. The number of aromatic nitrogens is 4. The topological polar surface area (TPSA) is 77.0 Å². The van der Waals surface area contributed by atoms with Crippen LogP contribution in [0.3, 0.4) is 0 Å². The van der Waals surface area contributed by atoms with Gasteiger partial charge in [0.1, 0.15) is 17.2 Å². The summed E-state index contributed by atoms with van der Waals surface area (Å²) in [4.78, 5) is 0. The lowest BCUT2D eigenvalue weighted by atomic mass is 9.96. The van der Waals surface area contributed by atoms with Crippen LogP contribution in [0.2, 0.25) is 0 Å². The number of para-hydroxylation sites is 1. The average molecular weight is 376 g/mol. The van der Waals surface area contributed by atoms with Gasteiger partial charge in [-0.25, -0.2) is 9.07 Å². The molecule has 0 fully saturated rings. The largest absolute Gasteiger partial charge is 0.456 e. The predicted octanol–water partition coefficient (Wildman–Crippen LogP) is 3.60. The number of benzene rings is 2. The third-order valence-corrected chi connectivity index (χ3v) is 4.33. The van der Waals surface area contributed by atoms with E-state index < -0.39 is 0 Å². The zero-order chi connectivity index (χ0) is 19.5. The predicted molar refractivity (Wildman–Crippen MR) is 104 cm³/mol. The maximum absolute atomic E-state index is 13.5. The van der Waals surface area contributed by atoms with Crippen LogP contribution < -0.4 is 0 Å². The van der Waals surface area contributed by atoms with Crippen molar-refractivity contribution in [1.82, 2.24) is 20.2 Å². The minimum absolute atomic E-state index is 0.147. The molecule has 2 aromatic carbocycles. The van der Waals surface area contributed by atoms with Crippen molar-refractivity contribution in [2.75, 3.05) is 6.61 Å². The number of hydrogen-bond donors (Lipinski definition) is 1. The van der Waals surface area contributed by atoms with Crippen molar-refractivity contribution in [1.29, 1.82) is 0 Å². The van der Waals surface area contributed by atoms with Crippen molar-refractivity contribution >= 4 is 22.1 Å². The van der Waals surface area contributed by atoms with Crippen LogP contribution in [0.1, 0.15) is 17.1 Å². The van der Waals surface area contributed by atoms with Gasteiger partial charge in [-0.2, -0.15) is 0 Å². The molecule has 1 N–H and O–H groups in total. The van der Waals surface area contributed by atoms with Crippen LogP contribution in [0.5, 0.6) is 0 Å². The van der Waals surface area contributed by atoms with E-state index in [2.05, 4.69) is 15.5 Å². The number of hydrogen-bond acceptors (Lipinski definition) is 5. The van der Waals surface area contributed by atoms with Gasteiger partial charge in [-0.05, 0) is 40.3 Å². The van der Waals surface area contributed by atoms with Crippen molar-refractivity contribution in [2.24, 2.45) is 7.05 Å². The number of allylic oxidation sites excluding steroid dienone is 2. The Labute approximate surface area is 160 Å². The summed E-state index contributed by atoms with van der Waals surface area (Å²) in [6.45, 7) is -0.147. The van der Waals surface area contributed by atoms with Crippen molar-refractivity contribution in [3.05, 3.63) is 89.7 Å². The minimum atomic E-state index is -0.333. The van der Waals surface area contributed by atoms with E-state index in [4.69, 9.17) is 4.42 Å². The smallest absolute Gasteiger partial charge is 0.182 e. The van der Waals surface area contributed by atoms with Crippen LogP contribution in [0.15, 0.2) is 71.2 Å². The van der Waals surface area contributed by atoms with Gasteiger partial charge in [0.25, 0.3) is 0 Å². The summed E-state index contributed by atoms with van der Waals surface area (Å²) in [7, 11) is 1.73. The summed E-state index contributed by atoms with van der Waals surface area (Å²) < 4.78 is 21.2. The van der Waals surface area contributed by atoms with Gasteiger partial charge in [-0.15, -0.1) is 5.10 Å². The molecule has 140 valence electrons. The molecule has 0 unspecified atom stereocenters. The molecule has 0 saturated carbocycles. The summed E-state index contributed by atoms with van der Waals surface area (Å²) in [5, 5.41) is 22.0. The van der Waals surface area contributed by atoms with Crippen LogP contribution in [0.4, 0.5) is 4.39 Å². The standard InChI is InChI=1S/C21H17FN4O2/c1-26-21(23-24-25-26)17(6-4-12-27)20(14-8-10-16(22)11-9-14)19-13-15-5-2-3-7-18(15)28-19/h2-11,13,27H,12H2,1H3. The average Bonchev–Trinajstić information content (AvgIpc) is 3.32. The summed E-state index contributed by atoms with van der Waals surface area (Å²) in [6.07, 6.45) is 3.33. The second-order valence-electron chi connectivity index (χ2n) is 6.16. The number of aliphatic hydroxyl groups is 1. The lowest BCUT2D eigenvalue weighted by Gasteiger charge is -2.11. The number of halogens is 1. The second-order valence-corrected chi connectivity index (χ2v) is 6.16. The number of fused-ring (bicyclic) bond motifs is 1. The van der Waals surface area contributed by atoms with E-state index >= 15 is 0 Å². The Morgan fingerprint density at radius 2 is 1.96 bits per heavy atom. The highest BCUT2D eigenvalue weighted by molar-refractivity contribution is 6.01. The number of rotatable bonds is 5. The molecule has 0 aliphatic rings. The van der Waals surface area contributed by atoms with E-state index in [1.807, 2.05) is 30.3 Å². The molecule has 4 rings (SSSR count). The number of furan rings is 1. The highest BCUT2D eigenvalue weighted by Crippen LogP contribution is 2.35. The van der Waals surface area contributed by atoms with Crippen LogP contribution in [-0.4, -0.2) is 31.9 Å². The Kier molecular flexibility index (Phi) is 4.82.